The number of benzene rings is 2. The van der Waals surface area contributed by atoms with Crippen molar-refractivity contribution in [2.45, 2.75) is 29.6 Å². The van der Waals surface area contributed by atoms with Crippen LogP contribution < -0.4 is 10.9 Å². The van der Waals surface area contributed by atoms with Crippen molar-refractivity contribution in [2.75, 3.05) is 16.8 Å². The molecule has 0 unspecified atom stereocenters. The number of carbonyl (C=O) groups excluding carboxylic acids is 1. The summed E-state index contributed by atoms with van der Waals surface area (Å²) in [7, 11) is 0. The summed E-state index contributed by atoms with van der Waals surface area (Å²) in [6, 6.07) is 9.63. The summed E-state index contributed by atoms with van der Waals surface area (Å²) < 4.78 is 40.9. The van der Waals surface area contributed by atoms with E-state index in [2.05, 4.69) is 10.3 Å². The number of hydrogen-bond donors (Lipinski definition) is 1. The molecule has 1 N–H and O–H groups in total. The first-order chi connectivity index (χ1) is 15.6. The van der Waals surface area contributed by atoms with E-state index in [0.717, 1.165) is 34.0 Å². The highest BCUT2D eigenvalue weighted by Gasteiger charge is 2.31. The summed E-state index contributed by atoms with van der Waals surface area (Å²) >= 11 is 8.41. The average molecular weight is 512 g/mol. The maximum Gasteiger partial charge on any atom is 0.416 e. The molecule has 1 aliphatic heterocycles. The molecular weight excluding hydrogens is 495 g/mol. The summed E-state index contributed by atoms with van der Waals surface area (Å²) in [5.41, 5.74) is 0.728. The average Bonchev–Trinajstić information content (AvgIpc) is 3.23. The Morgan fingerprint density at radius 3 is 2.79 bits per heavy atom. The van der Waals surface area contributed by atoms with Gasteiger partial charge in [-0.25, -0.2) is 4.98 Å². The minimum atomic E-state index is -4.55. The van der Waals surface area contributed by atoms with Crippen LogP contribution >= 0.6 is 35.1 Å². The van der Waals surface area contributed by atoms with Gasteiger partial charge in [-0.15, -0.1) is 11.8 Å². The lowest BCUT2D eigenvalue weighted by atomic mass is 10.2. The predicted octanol–water partition coefficient (Wildman–Crippen LogP) is 5.59. The molecule has 33 heavy (non-hydrogen) atoms. The fourth-order valence-electron chi connectivity index (χ4n) is 3.24. The highest BCUT2D eigenvalue weighted by atomic mass is 35.5. The van der Waals surface area contributed by atoms with Gasteiger partial charge in [0.05, 0.1) is 27.6 Å². The van der Waals surface area contributed by atoms with E-state index in [9.17, 15) is 22.8 Å². The van der Waals surface area contributed by atoms with Gasteiger partial charge in [-0.3, -0.25) is 14.2 Å². The van der Waals surface area contributed by atoms with E-state index in [1.165, 1.54) is 23.9 Å². The van der Waals surface area contributed by atoms with Crippen LogP contribution in [0.15, 0.2) is 57.3 Å². The van der Waals surface area contributed by atoms with E-state index in [-0.39, 0.29) is 22.5 Å². The van der Waals surface area contributed by atoms with Crippen molar-refractivity contribution in [2.24, 2.45) is 0 Å². The number of hydrogen-bond acceptors (Lipinski definition) is 5. The number of thioether (sulfide) groups is 2. The number of aromatic nitrogens is 2. The van der Waals surface area contributed by atoms with Gasteiger partial charge in [-0.05, 0) is 42.8 Å². The third-order valence-corrected chi connectivity index (χ3v) is 7.34. The Labute approximate surface area is 200 Å². The van der Waals surface area contributed by atoms with Gasteiger partial charge in [0.2, 0.25) is 5.91 Å². The minimum absolute atomic E-state index is 0.0471. The van der Waals surface area contributed by atoms with Crippen LogP contribution in [0.5, 0.6) is 0 Å². The van der Waals surface area contributed by atoms with Gasteiger partial charge in [0.25, 0.3) is 5.56 Å². The monoisotopic (exact) mass is 511 g/mol. The summed E-state index contributed by atoms with van der Waals surface area (Å²) in [5.74, 6) is 0.214. The largest absolute Gasteiger partial charge is 0.416 e. The smallest absolute Gasteiger partial charge is 0.325 e. The van der Waals surface area contributed by atoms with E-state index >= 15 is 0 Å². The zero-order valence-electron chi connectivity index (χ0n) is 17.2. The second-order valence-electron chi connectivity index (χ2n) is 7.26. The minimum Gasteiger partial charge on any atom is -0.325 e. The number of nitrogens with one attached hydrogen (secondary N) is 1. The van der Waals surface area contributed by atoms with E-state index in [1.54, 1.807) is 18.2 Å². The van der Waals surface area contributed by atoms with Crippen LogP contribution in [0.3, 0.4) is 0 Å². The van der Waals surface area contributed by atoms with Crippen LogP contribution in [-0.2, 0) is 17.4 Å². The first-order valence-electron chi connectivity index (χ1n) is 9.78. The summed E-state index contributed by atoms with van der Waals surface area (Å²) in [4.78, 5) is 30.6. The molecule has 0 saturated carbocycles. The number of anilines is 1. The molecule has 0 spiro atoms. The van der Waals surface area contributed by atoms with Crippen LogP contribution in [0, 0.1) is 6.92 Å². The standard InChI is InChI=1S/C22H17ClF3N3O2S2/c1-12-5-6-14(10-16(12)23)27-18(30)11-33-21-28-17-7-8-32-19(17)20(31)29(21)15-4-2-3-13(9-15)22(24,25)26/h2-6,9-10H,7-8,11H2,1H3,(H,27,30). The molecule has 2 aromatic carbocycles. The van der Waals surface area contributed by atoms with Gasteiger partial charge in [-0.1, -0.05) is 35.5 Å². The second kappa shape index (κ2) is 9.44. The number of carbonyl (C=O) groups is 1. The number of nitrogens with zero attached hydrogens (tertiary/aromatic N) is 2. The molecular formula is C22H17ClF3N3O2S2. The SMILES string of the molecule is Cc1ccc(NC(=O)CSc2nc3c(c(=O)n2-c2cccc(C(F)(F)F)c2)SCC3)cc1Cl. The van der Waals surface area contributed by atoms with Crippen molar-refractivity contribution in [3.63, 3.8) is 0 Å². The summed E-state index contributed by atoms with van der Waals surface area (Å²) in [6.07, 6.45) is -3.97. The molecule has 0 fully saturated rings. The molecule has 5 nitrogen and oxygen atoms in total. The molecule has 2 heterocycles. The Morgan fingerprint density at radius 2 is 2.06 bits per heavy atom. The molecule has 0 saturated heterocycles. The first kappa shape index (κ1) is 23.7. The summed E-state index contributed by atoms with van der Waals surface area (Å²) in [6.45, 7) is 1.84. The Hall–Kier alpha value is -2.43. The van der Waals surface area contributed by atoms with E-state index in [4.69, 9.17) is 11.6 Å². The normalized spacial score (nSPS) is 13.1. The van der Waals surface area contributed by atoms with Crippen molar-refractivity contribution in [1.29, 1.82) is 0 Å². The fraction of sp³-hybridized carbons (Fsp3) is 0.227. The molecule has 1 amide bonds. The maximum absolute atomic E-state index is 13.2. The van der Waals surface area contributed by atoms with Crippen molar-refractivity contribution in [3.8, 4) is 5.69 Å². The molecule has 3 aromatic rings. The lowest BCUT2D eigenvalue weighted by molar-refractivity contribution is -0.137. The van der Waals surface area contributed by atoms with E-state index < -0.39 is 17.3 Å². The third kappa shape index (κ3) is 5.23. The van der Waals surface area contributed by atoms with Gasteiger partial charge >= 0.3 is 6.18 Å². The zero-order valence-corrected chi connectivity index (χ0v) is 19.6. The van der Waals surface area contributed by atoms with Gasteiger partial charge < -0.3 is 5.32 Å². The quantitative estimate of drug-likeness (QED) is 0.357. The molecule has 0 atom stereocenters. The molecule has 1 aliphatic rings. The highest BCUT2D eigenvalue weighted by Crippen LogP contribution is 2.33. The van der Waals surface area contributed by atoms with Crippen LogP contribution in [0.4, 0.5) is 18.9 Å². The molecule has 172 valence electrons. The number of aryl methyl sites for hydroxylation is 2. The van der Waals surface area contributed by atoms with Gasteiger partial charge in [0, 0.05) is 22.9 Å². The van der Waals surface area contributed by atoms with Crippen LogP contribution in [0.2, 0.25) is 5.02 Å². The number of alkyl halides is 3. The van der Waals surface area contributed by atoms with E-state index in [0.29, 0.717) is 33.5 Å². The molecule has 11 heteroatoms. The van der Waals surface area contributed by atoms with E-state index in [1.807, 2.05) is 6.92 Å². The van der Waals surface area contributed by atoms with Gasteiger partial charge in [0.1, 0.15) is 0 Å². The number of halogens is 4. The van der Waals surface area contributed by atoms with Crippen molar-refractivity contribution in [1.82, 2.24) is 9.55 Å². The van der Waals surface area contributed by atoms with Crippen molar-refractivity contribution >= 4 is 46.7 Å². The molecule has 1 aromatic heterocycles. The summed E-state index contributed by atoms with van der Waals surface area (Å²) in [5, 5.41) is 3.40. The molecule has 0 aliphatic carbocycles. The van der Waals surface area contributed by atoms with Crippen molar-refractivity contribution in [3.05, 3.63) is 74.7 Å². The Balaban J connectivity index is 1.64. The number of rotatable bonds is 5. The lowest BCUT2D eigenvalue weighted by Crippen LogP contribution is -2.25. The van der Waals surface area contributed by atoms with Crippen molar-refractivity contribution < 1.29 is 18.0 Å². The van der Waals surface area contributed by atoms with Crippen LogP contribution in [0.1, 0.15) is 16.8 Å². The molecule has 4 rings (SSSR count). The first-order valence-corrected chi connectivity index (χ1v) is 12.1. The molecule has 0 bridgehead atoms. The topological polar surface area (TPSA) is 64.0 Å². The number of fused-ring (bicyclic) bond motifs is 1. The lowest BCUT2D eigenvalue weighted by Gasteiger charge is -2.15. The zero-order chi connectivity index (χ0) is 23.8. The Kier molecular flexibility index (Phi) is 6.78. The molecule has 0 radical (unpaired) electrons. The Bertz CT molecular complexity index is 1290. The van der Waals surface area contributed by atoms with Gasteiger partial charge in [0.15, 0.2) is 5.16 Å². The highest BCUT2D eigenvalue weighted by molar-refractivity contribution is 8.00. The third-order valence-electron chi connectivity index (χ3n) is 4.89. The fourth-order valence-corrected chi connectivity index (χ4v) is 5.27. The second-order valence-corrected chi connectivity index (χ2v) is 9.71. The van der Waals surface area contributed by atoms with Gasteiger partial charge in [-0.2, -0.15) is 13.2 Å². The number of amides is 1. The Morgan fingerprint density at radius 1 is 1.27 bits per heavy atom. The van der Waals surface area contributed by atoms with Crippen LogP contribution in [-0.4, -0.2) is 27.0 Å². The van der Waals surface area contributed by atoms with Crippen LogP contribution in [0.25, 0.3) is 5.69 Å². The maximum atomic E-state index is 13.2. The predicted molar refractivity (Wildman–Crippen MR) is 125 cm³/mol.